The van der Waals surface area contributed by atoms with Gasteiger partial charge in [0.1, 0.15) is 0 Å². The lowest BCUT2D eigenvalue weighted by Gasteiger charge is -2.34. The summed E-state index contributed by atoms with van der Waals surface area (Å²) in [6, 6.07) is 12.3. The fraction of sp³-hybridized carbons (Fsp3) is 0.318. The van der Waals surface area contributed by atoms with Gasteiger partial charge in [0.25, 0.3) is 0 Å². The van der Waals surface area contributed by atoms with Crippen LogP contribution in [0.5, 0.6) is 0 Å². The van der Waals surface area contributed by atoms with Crippen LogP contribution in [0.15, 0.2) is 66.3 Å². The van der Waals surface area contributed by atoms with Gasteiger partial charge in [-0.1, -0.05) is 36.0 Å². The van der Waals surface area contributed by atoms with Crippen molar-refractivity contribution in [3.05, 3.63) is 72.3 Å². The number of benzene rings is 1. The summed E-state index contributed by atoms with van der Waals surface area (Å²) in [6.45, 7) is 6.29. The minimum absolute atomic E-state index is 0.176. The number of carbonyl (C=O) groups excluding carboxylic acids is 1. The van der Waals surface area contributed by atoms with Gasteiger partial charge in [-0.3, -0.25) is 19.2 Å². The lowest BCUT2D eigenvalue weighted by atomic mass is 10.2. The van der Waals surface area contributed by atoms with E-state index in [9.17, 15) is 4.79 Å². The smallest absolute Gasteiger partial charge is 0.233 e. The molecule has 0 aliphatic carbocycles. The van der Waals surface area contributed by atoms with Crippen molar-refractivity contribution >= 4 is 17.7 Å². The molecule has 1 aliphatic heterocycles. The molecule has 3 heterocycles. The van der Waals surface area contributed by atoms with Gasteiger partial charge in [0, 0.05) is 57.5 Å². The molecule has 7 heteroatoms. The number of aromatic nitrogens is 3. The van der Waals surface area contributed by atoms with Crippen molar-refractivity contribution in [2.75, 3.05) is 31.9 Å². The van der Waals surface area contributed by atoms with Crippen LogP contribution in [-0.4, -0.2) is 62.2 Å². The second-order valence-corrected chi connectivity index (χ2v) is 8.12. The molecule has 150 valence electrons. The fourth-order valence-electron chi connectivity index (χ4n) is 3.54. The third kappa shape index (κ3) is 4.86. The van der Waals surface area contributed by atoms with Crippen molar-refractivity contribution in [3.8, 4) is 5.69 Å². The molecule has 1 fully saturated rings. The number of hydrogen-bond acceptors (Lipinski definition) is 5. The molecule has 0 atom stereocenters. The maximum atomic E-state index is 12.7. The molecule has 0 saturated carbocycles. The SMILES string of the molecule is Cc1ccccc1-n1ccnc1SCC(=O)N1CCN(Cc2cccnc2)CC1. The Morgan fingerprint density at radius 2 is 1.90 bits per heavy atom. The minimum atomic E-state index is 0.176. The van der Waals surface area contributed by atoms with E-state index >= 15 is 0 Å². The van der Waals surface area contributed by atoms with Crippen LogP contribution in [0.25, 0.3) is 5.69 Å². The lowest BCUT2D eigenvalue weighted by Crippen LogP contribution is -2.48. The van der Waals surface area contributed by atoms with E-state index in [1.54, 1.807) is 12.4 Å². The molecule has 0 bridgehead atoms. The zero-order valence-corrected chi connectivity index (χ0v) is 17.4. The van der Waals surface area contributed by atoms with Gasteiger partial charge in [0.15, 0.2) is 5.16 Å². The van der Waals surface area contributed by atoms with Crippen molar-refractivity contribution in [2.24, 2.45) is 0 Å². The molecule has 0 spiro atoms. The minimum Gasteiger partial charge on any atom is -0.339 e. The molecule has 4 rings (SSSR count). The van der Waals surface area contributed by atoms with Crippen molar-refractivity contribution in [2.45, 2.75) is 18.6 Å². The van der Waals surface area contributed by atoms with E-state index in [0.29, 0.717) is 5.75 Å². The van der Waals surface area contributed by atoms with E-state index in [0.717, 1.165) is 43.6 Å². The predicted octanol–water partition coefficient (Wildman–Crippen LogP) is 3.01. The van der Waals surface area contributed by atoms with Crippen molar-refractivity contribution < 1.29 is 4.79 Å². The van der Waals surface area contributed by atoms with Crippen molar-refractivity contribution in [3.63, 3.8) is 0 Å². The fourth-order valence-corrected chi connectivity index (χ4v) is 4.41. The molecule has 1 amide bonds. The van der Waals surface area contributed by atoms with Crippen LogP contribution in [0.3, 0.4) is 0 Å². The Kier molecular flexibility index (Phi) is 6.27. The zero-order chi connectivity index (χ0) is 20.1. The molecular formula is C22H25N5OS. The standard InChI is InChI=1S/C22H25N5OS/c1-18-5-2-3-7-20(18)27-10-9-24-22(27)29-17-21(28)26-13-11-25(12-14-26)16-19-6-4-8-23-15-19/h2-10,15H,11-14,16-17H2,1H3. The summed E-state index contributed by atoms with van der Waals surface area (Å²) < 4.78 is 2.05. The van der Waals surface area contributed by atoms with Gasteiger partial charge in [0.05, 0.1) is 11.4 Å². The third-order valence-electron chi connectivity index (χ3n) is 5.16. The Morgan fingerprint density at radius 1 is 1.07 bits per heavy atom. The maximum Gasteiger partial charge on any atom is 0.233 e. The molecule has 0 N–H and O–H groups in total. The number of pyridine rings is 1. The first kappa shape index (κ1) is 19.7. The average molecular weight is 408 g/mol. The second-order valence-electron chi connectivity index (χ2n) is 7.17. The number of nitrogens with zero attached hydrogens (tertiary/aromatic N) is 5. The molecule has 0 radical (unpaired) electrons. The van der Waals surface area contributed by atoms with Gasteiger partial charge < -0.3 is 4.90 Å². The van der Waals surface area contributed by atoms with Crippen LogP contribution < -0.4 is 0 Å². The van der Waals surface area contributed by atoms with Gasteiger partial charge in [-0.2, -0.15) is 0 Å². The molecule has 29 heavy (non-hydrogen) atoms. The van der Waals surface area contributed by atoms with Crippen molar-refractivity contribution in [1.29, 1.82) is 0 Å². The molecule has 1 saturated heterocycles. The van der Waals surface area contributed by atoms with Crippen LogP contribution in [0.2, 0.25) is 0 Å². The third-order valence-corrected chi connectivity index (χ3v) is 6.11. The maximum absolute atomic E-state index is 12.7. The normalized spacial score (nSPS) is 14.9. The van der Waals surface area contributed by atoms with Gasteiger partial charge in [-0.15, -0.1) is 0 Å². The number of para-hydroxylation sites is 1. The van der Waals surface area contributed by atoms with Crippen LogP contribution >= 0.6 is 11.8 Å². The van der Waals surface area contributed by atoms with Crippen LogP contribution in [0, 0.1) is 6.92 Å². The Labute approximate surface area is 175 Å². The second kappa shape index (κ2) is 9.24. The number of imidazole rings is 1. The van der Waals surface area contributed by atoms with E-state index in [2.05, 4.69) is 44.6 Å². The predicted molar refractivity (Wildman–Crippen MR) is 115 cm³/mol. The van der Waals surface area contributed by atoms with Gasteiger partial charge in [-0.25, -0.2) is 4.98 Å². The number of amides is 1. The molecule has 2 aromatic heterocycles. The van der Waals surface area contributed by atoms with Crippen molar-refractivity contribution in [1.82, 2.24) is 24.3 Å². The number of thioether (sulfide) groups is 1. The molecule has 6 nitrogen and oxygen atoms in total. The zero-order valence-electron chi connectivity index (χ0n) is 16.6. The Morgan fingerprint density at radius 3 is 2.66 bits per heavy atom. The summed E-state index contributed by atoms with van der Waals surface area (Å²) >= 11 is 1.50. The Hall–Kier alpha value is -2.64. The molecule has 1 aliphatic rings. The summed E-state index contributed by atoms with van der Waals surface area (Å²) in [5, 5.41) is 0.850. The molecule has 3 aromatic rings. The number of piperazine rings is 1. The molecule has 1 aromatic carbocycles. The molecular weight excluding hydrogens is 382 g/mol. The lowest BCUT2D eigenvalue weighted by molar-refractivity contribution is -0.130. The van der Waals surface area contributed by atoms with Gasteiger partial charge in [0.2, 0.25) is 5.91 Å². The van der Waals surface area contributed by atoms with Crippen LogP contribution in [0.4, 0.5) is 0 Å². The van der Waals surface area contributed by atoms with E-state index < -0.39 is 0 Å². The monoisotopic (exact) mass is 407 g/mol. The highest BCUT2D eigenvalue weighted by atomic mass is 32.2. The van der Waals surface area contributed by atoms with Gasteiger partial charge >= 0.3 is 0 Å². The van der Waals surface area contributed by atoms with Crippen LogP contribution in [0.1, 0.15) is 11.1 Å². The summed E-state index contributed by atoms with van der Waals surface area (Å²) in [7, 11) is 0. The Balaban J connectivity index is 1.29. The Bertz CT molecular complexity index is 951. The highest BCUT2D eigenvalue weighted by Crippen LogP contribution is 2.23. The van der Waals surface area contributed by atoms with Crippen LogP contribution in [-0.2, 0) is 11.3 Å². The van der Waals surface area contributed by atoms with Gasteiger partial charge in [-0.05, 0) is 30.2 Å². The summed E-state index contributed by atoms with van der Waals surface area (Å²) in [4.78, 5) is 25.7. The highest BCUT2D eigenvalue weighted by molar-refractivity contribution is 7.99. The number of carbonyl (C=O) groups is 1. The number of hydrogen-bond donors (Lipinski definition) is 0. The highest BCUT2D eigenvalue weighted by Gasteiger charge is 2.22. The largest absolute Gasteiger partial charge is 0.339 e. The average Bonchev–Trinajstić information content (AvgIpc) is 3.22. The molecule has 0 unspecified atom stereocenters. The van der Waals surface area contributed by atoms with E-state index in [1.165, 1.54) is 22.9 Å². The topological polar surface area (TPSA) is 54.3 Å². The first-order valence-corrected chi connectivity index (χ1v) is 10.8. The number of aryl methyl sites for hydroxylation is 1. The first-order chi connectivity index (χ1) is 14.2. The summed E-state index contributed by atoms with van der Waals surface area (Å²) in [5.41, 5.74) is 3.50. The first-order valence-electron chi connectivity index (χ1n) is 9.82. The quantitative estimate of drug-likeness (QED) is 0.588. The van der Waals surface area contributed by atoms with E-state index in [1.807, 2.05) is 35.5 Å². The summed E-state index contributed by atoms with van der Waals surface area (Å²) in [6.07, 6.45) is 7.44. The van der Waals surface area contributed by atoms with E-state index in [-0.39, 0.29) is 5.91 Å². The summed E-state index contributed by atoms with van der Waals surface area (Å²) in [5.74, 6) is 0.584. The number of rotatable bonds is 6. The van der Waals surface area contributed by atoms with E-state index in [4.69, 9.17) is 0 Å².